The molecule has 12 unspecified atom stereocenters. The summed E-state index contributed by atoms with van der Waals surface area (Å²) in [4.78, 5) is 13.3. The highest BCUT2D eigenvalue weighted by Crippen LogP contribution is 2.56. The van der Waals surface area contributed by atoms with Crippen LogP contribution in [0, 0.1) is 158 Å². The number of benzene rings is 6. The number of rotatable bonds is 26. The van der Waals surface area contributed by atoms with Crippen LogP contribution in [-0.2, 0) is 39.3 Å². The molecule has 3 N–H and O–H groups in total. The Kier molecular flexibility index (Phi) is 42.2. The van der Waals surface area contributed by atoms with Crippen LogP contribution >= 0.6 is 11.6 Å². The number of nitriles is 6. The first-order chi connectivity index (χ1) is 68.9. The lowest BCUT2D eigenvalue weighted by molar-refractivity contribution is -0.0662. The van der Waals surface area contributed by atoms with Crippen molar-refractivity contribution in [1.82, 2.24) is 44.4 Å². The summed E-state index contributed by atoms with van der Waals surface area (Å²) in [5.74, 6) is 2.96. The topological polar surface area (TPSA) is 254 Å². The molecule has 18 nitrogen and oxygen atoms in total. The van der Waals surface area contributed by atoms with Crippen molar-refractivity contribution in [2.75, 3.05) is 78.5 Å². The number of terminal acetylenes is 1. The molecule has 1 aliphatic carbocycles. The number of hydrogen-bond acceptors (Lipinski definition) is 17. The number of halogens is 11. The van der Waals surface area contributed by atoms with Crippen LogP contribution in [0.25, 0.3) is 17.8 Å². The standard InChI is InChI=1S/C20H24ClFN2.C20H26F2N2O.C20H27FN2O.C20H27FN2.C19H24FN5O.C18H22F4N2/c1-5-15-6-7-16(17(21)12-15)13-24-11-9-20(8-10-23,18(22)14-24)19(2,3)4;1-5-14-10-16(21)15(11-17(14)25)12-24-9-7-20(6-8-23,18(22)13-24)19(2,3)4;1-5-16-7-6-15(12-17(16)24)13-23-11-9-20(8-10-22,18(21)14-23)19(2,3)4;1-15(2)20(9-11-22)10-12-23(14-19(20)21)13-16-3-5-17(6-4-16)18-7-8-18;1-14(2)19(5-7-21)6-10-24(13-18(19)20)12-15-3-4-16(17(26)11-15)25-22-8-9-23-25;1-12(2)18(5-7-23)6-8-24(11-16(18)20)10-14-9-13(17(21)22)3-4-15(14)19/h1,6-7,12,18H,8-9,11,13-14H2,2-4H3;5,10-11,18,25H,1,6-7,9,12-13H2,2-4H3;5-7,12,18,24H,1,8-9,11,13-14H2,2-4H3;3-6,15,18-19H,7-10,12-14H2,1-2H3;3-4,8-9,11,14,18,26H,5-6,10,12-13H2,1-2H3;3-4,9,12,16-17H,5-6,8,10-11H2,1-2H3. The van der Waals surface area contributed by atoms with E-state index in [1.54, 1.807) is 47.6 Å². The fourth-order valence-electron chi connectivity index (χ4n) is 22.3. The molecule has 7 aromatic rings. The first kappa shape index (κ1) is 119. The zero-order chi connectivity index (χ0) is 108. The summed E-state index contributed by atoms with van der Waals surface area (Å²) in [5, 5.41) is 93.5. The summed E-state index contributed by atoms with van der Waals surface area (Å²) < 4.78 is 144. The summed E-state index contributed by atoms with van der Waals surface area (Å²) in [7, 11) is 0. The molecule has 146 heavy (non-hydrogen) atoms. The Bertz CT molecular complexity index is 5800. The fourth-order valence-corrected chi connectivity index (χ4v) is 22.5. The number of nitrogens with zero attached hydrogens (tertiary/aromatic N) is 15. The Morgan fingerprint density at radius 3 is 1.12 bits per heavy atom. The quantitative estimate of drug-likeness (QED) is 0.0336. The van der Waals surface area contributed by atoms with Crippen LogP contribution < -0.4 is 0 Å². The van der Waals surface area contributed by atoms with Crippen molar-refractivity contribution in [3.63, 3.8) is 0 Å². The highest BCUT2D eigenvalue weighted by atomic mass is 35.5. The molecular weight excluding hydrogens is 1890 g/mol. The summed E-state index contributed by atoms with van der Waals surface area (Å²) in [6.07, 6.45) is 10.3. The van der Waals surface area contributed by atoms with Crippen LogP contribution in [-0.4, -0.2) is 175 Å². The first-order valence-electron chi connectivity index (χ1n) is 51.0. The molecule has 0 radical (unpaired) electrons. The average molecular weight is 2040 g/mol. The van der Waals surface area contributed by atoms with Gasteiger partial charge in [-0.05, 0) is 213 Å². The molecule has 1 aromatic heterocycles. The molecule has 7 aliphatic rings. The SMILES string of the molecule is C#Cc1ccc(CN2CCC(CC#N)(C(C)(C)C)C(F)C2)c(Cl)c1.C=Cc1cc(F)c(CN2CCC(CC#N)(C(C)(C)C)C(F)C2)cc1O.C=Cc1ccc(CN2CCC(CC#N)(C(C)(C)C)C(F)C2)cc1O.CC(C)C1(CC#N)CCN(Cc2cc(C(F)F)ccc2F)CC1F.CC(C)C1(CC#N)CCN(Cc2ccc(-n3nccn3)c(O)c2)CC1F.CC(C)C1(CC#N)CCN(Cc2ccc(C3CC3)cc2)CC1F. The van der Waals surface area contributed by atoms with Gasteiger partial charge in [0.1, 0.15) is 71.6 Å². The van der Waals surface area contributed by atoms with Gasteiger partial charge in [-0.3, -0.25) is 29.4 Å². The number of likely N-dealkylation sites (tertiary alicyclic amines) is 6. The molecule has 7 fully saturated rings. The van der Waals surface area contributed by atoms with E-state index < -0.39 is 87.6 Å². The zero-order valence-corrected chi connectivity index (χ0v) is 88.6. The molecule has 29 heteroatoms. The lowest BCUT2D eigenvalue weighted by Crippen LogP contribution is -2.54. The maximum absolute atomic E-state index is 15.1. The van der Waals surface area contributed by atoms with Crippen molar-refractivity contribution in [2.45, 2.75) is 282 Å². The smallest absolute Gasteiger partial charge is 0.263 e. The van der Waals surface area contributed by atoms with E-state index >= 15 is 13.2 Å². The molecule has 0 spiro atoms. The lowest BCUT2D eigenvalue weighted by Gasteiger charge is -2.51. The molecular formula is C117H150ClF10N15O3. The van der Waals surface area contributed by atoms with Crippen molar-refractivity contribution in [3.8, 4) is 71.7 Å². The number of hydrogen-bond donors (Lipinski definition) is 3. The summed E-state index contributed by atoms with van der Waals surface area (Å²) >= 11 is 6.28. The second-order valence-electron chi connectivity index (χ2n) is 45.2. The molecule has 12 atom stereocenters. The van der Waals surface area contributed by atoms with Gasteiger partial charge < -0.3 is 15.3 Å². The number of phenols is 3. The molecule has 6 aliphatic heterocycles. The Morgan fingerprint density at radius 2 is 0.774 bits per heavy atom. The van der Waals surface area contributed by atoms with Gasteiger partial charge >= 0.3 is 0 Å². The van der Waals surface area contributed by atoms with E-state index in [4.69, 9.17) is 39.1 Å². The molecule has 0 bridgehead atoms. The van der Waals surface area contributed by atoms with E-state index in [-0.39, 0.29) is 121 Å². The number of phenolic OH excluding ortho intramolecular Hbond substituents is 3. The summed E-state index contributed by atoms with van der Waals surface area (Å²) in [5.41, 5.74) is 3.66. The normalized spacial score (nSPS) is 25.4. The van der Waals surface area contributed by atoms with Crippen molar-refractivity contribution in [1.29, 1.82) is 31.6 Å². The van der Waals surface area contributed by atoms with Crippen LogP contribution in [0.2, 0.25) is 5.02 Å². The third-order valence-corrected chi connectivity index (χ3v) is 33.5. The Balaban J connectivity index is 0.000000195. The average Bonchev–Trinajstić information content (AvgIpc) is 0.981. The molecule has 788 valence electrons. The maximum atomic E-state index is 15.1. The third kappa shape index (κ3) is 28.8. The van der Waals surface area contributed by atoms with Gasteiger partial charge in [-0.25, -0.2) is 43.9 Å². The van der Waals surface area contributed by atoms with E-state index in [2.05, 4.69) is 119 Å². The van der Waals surface area contributed by atoms with Crippen LogP contribution in [0.1, 0.15) is 267 Å². The summed E-state index contributed by atoms with van der Waals surface area (Å²) in [6.45, 7) is 45.9. The zero-order valence-electron chi connectivity index (χ0n) is 87.9. The monoisotopic (exact) mass is 2040 g/mol. The van der Waals surface area contributed by atoms with Gasteiger partial charge in [0, 0.05) is 188 Å². The van der Waals surface area contributed by atoms with Crippen LogP contribution in [0.3, 0.4) is 0 Å². The van der Waals surface area contributed by atoms with Gasteiger partial charge in [0.05, 0.1) is 48.8 Å². The van der Waals surface area contributed by atoms with Crippen molar-refractivity contribution in [2.24, 2.45) is 66.5 Å². The highest BCUT2D eigenvalue weighted by molar-refractivity contribution is 6.31. The highest BCUT2D eigenvalue weighted by Gasteiger charge is 2.56. The predicted octanol–water partition coefficient (Wildman–Crippen LogP) is 26.6. The molecule has 6 saturated heterocycles. The minimum atomic E-state index is -2.66. The predicted molar refractivity (Wildman–Crippen MR) is 556 cm³/mol. The molecule has 1 saturated carbocycles. The minimum Gasteiger partial charge on any atom is -0.507 e. The summed E-state index contributed by atoms with van der Waals surface area (Å²) in [6, 6.07) is 44.1. The molecule has 14 rings (SSSR count). The lowest BCUT2D eigenvalue weighted by atomic mass is 9.59. The number of aromatic nitrogens is 3. The third-order valence-electron chi connectivity index (χ3n) is 33.2. The van der Waals surface area contributed by atoms with Gasteiger partial charge in [-0.15, -0.1) is 11.2 Å². The molecule has 7 heterocycles. The van der Waals surface area contributed by atoms with E-state index in [1.807, 2.05) is 130 Å². The Labute approximate surface area is 865 Å². The second kappa shape index (κ2) is 51.9. The molecule has 6 aromatic carbocycles. The van der Waals surface area contributed by atoms with Crippen molar-refractivity contribution < 1.29 is 59.2 Å². The minimum absolute atomic E-state index is 0.0215. The van der Waals surface area contributed by atoms with Gasteiger partial charge in [0.15, 0.2) is 0 Å². The molecule has 0 amide bonds. The van der Waals surface area contributed by atoms with Gasteiger partial charge in [0.25, 0.3) is 6.43 Å². The maximum Gasteiger partial charge on any atom is 0.263 e. The number of aromatic hydroxyl groups is 3. The van der Waals surface area contributed by atoms with Crippen molar-refractivity contribution >= 4 is 23.8 Å². The largest absolute Gasteiger partial charge is 0.507 e. The van der Waals surface area contributed by atoms with E-state index in [0.29, 0.717) is 125 Å². The van der Waals surface area contributed by atoms with Crippen molar-refractivity contribution in [3.05, 3.63) is 213 Å². The van der Waals surface area contributed by atoms with Crippen LogP contribution in [0.5, 0.6) is 17.2 Å². The first-order valence-corrected chi connectivity index (χ1v) is 51.4. The Hall–Kier alpha value is -10.8. The van der Waals surface area contributed by atoms with Gasteiger partial charge in [0.2, 0.25) is 0 Å². The Morgan fingerprint density at radius 1 is 0.418 bits per heavy atom. The number of alkyl halides is 8. The second-order valence-corrected chi connectivity index (χ2v) is 45.6. The van der Waals surface area contributed by atoms with Gasteiger partial charge in [-0.1, -0.05) is 201 Å². The van der Waals surface area contributed by atoms with Crippen LogP contribution in [0.4, 0.5) is 43.9 Å². The fraction of sp³-hybridized carbons (Fsp3) is 0.573. The van der Waals surface area contributed by atoms with Gasteiger partial charge in [-0.2, -0.15) is 41.8 Å². The van der Waals surface area contributed by atoms with Crippen LogP contribution in [0.15, 0.2) is 135 Å². The van der Waals surface area contributed by atoms with E-state index in [0.717, 1.165) is 85.5 Å². The van der Waals surface area contributed by atoms with E-state index in [9.17, 15) is 56.6 Å². The van der Waals surface area contributed by atoms with E-state index in [1.165, 1.54) is 47.0 Å². The number of piperidine rings is 6.